The number of amides is 2. The number of anilines is 2. The molecule has 27 heavy (non-hydrogen) atoms. The predicted molar refractivity (Wildman–Crippen MR) is 103 cm³/mol. The zero-order chi connectivity index (χ0) is 19.2. The van der Waals surface area contributed by atoms with Crippen molar-refractivity contribution in [1.82, 2.24) is 14.9 Å². The second kappa shape index (κ2) is 8.15. The van der Waals surface area contributed by atoms with Crippen molar-refractivity contribution in [2.45, 2.75) is 12.5 Å². The number of rotatable bonds is 5. The molecule has 136 valence electrons. The van der Waals surface area contributed by atoms with E-state index >= 15 is 0 Å². The number of hydrogen-bond donors (Lipinski definition) is 2. The highest BCUT2D eigenvalue weighted by Gasteiger charge is 2.27. The van der Waals surface area contributed by atoms with Crippen molar-refractivity contribution in [3.63, 3.8) is 0 Å². The molecule has 0 saturated carbocycles. The molecule has 7 nitrogen and oxygen atoms in total. The van der Waals surface area contributed by atoms with E-state index in [9.17, 15) is 9.59 Å². The minimum atomic E-state index is -0.292. The van der Waals surface area contributed by atoms with E-state index < -0.39 is 0 Å². The van der Waals surface area contributed by atoms with Crippen molar-refractivity contribution in [3.05, 3.63) is 60.4 Å². The smallest absolute Gasteiger partial charge is 0.253 e. The first-order chi connectivity index (χ1) is 13.1. The molecular formula is C20H19N5O2. The number of carbonyl (C=O) groups is 2. The summed E-state index contributed by atoms with van der Waals surface area (Å²) in [5, 5.41) is 5.88. The molecule has 0 radical (unpaired) electrons. The van der Waals surface area contributed by atoms with Crippen LogP contribution < -0.4 is 10.6 Å². The molecule has 7 heteroatoms. The van der Waals surface area contributed by atoms with Crippen LogP contribution in [0.3, 0.4) is 0 Å². The fraction of sp³-hybridized carbons (Fsp3) is 0.200. The van der Waals surface area contributed by atoms with Gasteiger partial charge >= 0.3 is 0 Å². The lowest BCUT2D eigenvalue weighted by atomic mass is 10.2. The van der Waals surface area contributed by atoms with Crippen LogP contribution in [0.1, 0.15) is 22.3 Å². The Kier molecular flexibility index (Phi) is 5.47. The molecule has 2 amide bonds. The van der Waals surface area contributed by atoms with E-state index in [-0.39, 0.29) is 17.9 Å². The Morgan fingerprint density at radius 3 is 2.59 bits per heavy atom. The Hall–Kier alpha value is -3.66. The third-order valence-corrected chi connectivity index (χ3v) is 4.21. The van der Waals surface area contributed by atoms with Crippen LogP contribution in [0.15, 0.2) is 49.3 Å². The van der Waals surface area contributed by atoms with Gasteiger partial charge in [-0.15, -0.1) is 6.42 Å². The van der Waals surface area contributed by atoms with E-state index in [0.717, 1.165) is 6.42 Å². The molecule has 2 heterocycles. The molecule has 1 unspecified atom stereocenters. The highest BCUT2D eigenvalue weighted by atomic mass is 16.2. The number of nitrogens with one attached hydrogen (secondary N) is 2. The monoisotopic (exact) mass is 361 g/mol. The summed E-state index contributed by atoms with van der Waals surface area (Å²) in [5.41, 5.74) is 1.81. The van der Waals surface area contributed by atoms with E-state index in [1.54, 1.807) is 41.6 Å². The number of likely N-dealkylation sites (tertiary alicyclic amines) is 1. The molecule has 1 atom stereocenters. The van der Waals surface area contributed by atoms with Gasteiger partial charge in [0.15, 0.2) is 0 Å². The second-order valence-electron chi connectivity index (χ2n) is 6.09. The lowest BCUT2D eigenvalue weighted by Gasteiger charge is -2.17. The molecule has 1 fully saturated rings. The minimum absolute atomic E-state index is 0.0514. The molecule has 1 aliphatic heterocycles. The topological polar surface area (TPSA) is 87.2 Å². The summed E-state index contributed by atoms with van der Waals surface area (Å²) in [6.07, 6.45) is 10.5. The van der Waals surface area contributed by atoms with Crippen LogP contribution in [0.2, 0.25) is 0 Å². The SMILES string of the molecule is C#Cc1cnc(NC2CCN(C(=O)c3ccc(NC(=O)C=C)cc3)C2)nc1. The van der Waals surface area contributed by atoms with Gasteiger partial charge in [-0.2, -0.15) is 0 Å². The summed E-state index contributed by atoms with van der Waals surface area (Å²) in [7, 11) is 0. The normalized spacial score (nSPS) is 15.7. The number of terminal acetylenes is 1. The van der Waals surface area contributed by atoms with E-state index in [4.69, 9.17) is 6.42 Å². The Labute approximate surface area is 157 Å². The van der Waals surface area contributed by atoms with Gasteiger partial charge in [0.1, 0.15) is 0 Å². The minimum Gasteiger partial charge on any atom is -0.350 e. The summed E-state index contributed by atoms with van der Waals surface area (Å²) in [4.78, 5) is 34.1. The van der Waals surface area contributed by atoms with E-state index in [0.29, 0.717) is 35.9 Å². The van der Waals surface area contributed by atoms with Crippen molar-refractivity contribution in [1.29, 1.82) is 0 Å². The fourth-order valence-corrected chi connectivity index (χ4v) is 2.79. The van der Waals surface area contributed by atoms with Crippen molar-refractivity contribution >= 4 is 23.5 Å². The van der Waals surface area contributed by atoms with Crippen molar-refractivity contribution in [2.75, 3.05) is 23.7 Å². The van der Waals surface area contributed by atoms with Crippen LogP contribution in [0.4, 0.5) is 11.6 Å². The van der Waals surface area contributed by atoms with E-state index in [2.05, 4.69) is 33.1 Å². The van der Waals surface area contributed by atoms with Crippen LogP contribution >= 0.6 is 0 Å². The Morgan fingerprint density at radius 1 is 1.26 bits per heavy atom. The lowest BCUT2D eigenvalue weighted by Crippen LogP contribution is -2.31. The average Bonchev–Trinajstić information content (AvgIpc) is 3.17. The molecular weight excluding hydrogens is 342 g/mol. The summed E-state index contributed by atoms with van der Waals surface area (Å²) < 4.78 is 0. The number of nitrogens with zero attached hydrogens (tertiary/aromatic N) is 3. The van der Waals surface area contributed by atoms with Crippen molar-refractivity contribution in [3.8, 4) is 12.3 Å². The van der Waals surface area contributed by atoms with Crippen LogP contribution in [0.25, 0.3) is 0 Å². The third kappa shape index (κ3) is 4.50. The molecule has 0 aliphatic carbocycles. The first-order valence-corrected chi connectivity index (χ1v) is 8.47. The summed E-state index contributed by atoms with van der Waals surface area (Å²) in [5.74, 6) is 2.62. The van der Waals surface area contributed by atoms with Crippen molar-refractivity contribution in [2.24, 2.45) is 0 Å². The maximum Gasteiger partial charge on any atom is 0.253 e. The van der Waals surface area contributed by atoms with Gasteiger partial charge in [-0.1, -0.05) is 12.5 Å². The van der Waals surface area contributed by atoms with E-state index in [1.807, 2.05) is 0 Å². The van der Waals surface area contributed by atoms with Gasteiger partial charge in [0.05, 0.1) is 5.56 Å². The molecule has 0 bridgehead atoms. The quantitative estimate of drug-likeness (QED) is 0.627. The second-order valence-corrected chi connectivity index (χ2v) is 6.09. The molecule has 1 aromatic carbocycles. The molecule has 0 spiro atoms. The molecule has 1 aliphatic rings. The Balaban J connectivity index is 1.57. The van der Waals surface area contributed by atoms with Crippen LogP contribution in [-0.2, 0) is 4.79 Å². The van der Waals surface area contributed by atoms with Crippen LogP contribution in [-0.4, -0.2) is 45.8 Å². The molecule has 1 saturated heterocycles. The molecule has 2 N–H and O–H groups in total. The number of carbonyl (C=O) groups excluding carboxylic acids is 2. The zero-order valence-corrected chi connectivity index (χ0v) is 14.7. The Bertz CT molecular complexity index is 884. The molecule has 3 rings (SSSR count). The first kappa shape index (κ1) is 18.1. The first-order valence-electron chi connectivity index (χ1n) is 8.47. The lowest BCUT2D eigenvalue weighted by molar-refractivity contribution is -0.111. The maximum atomic E-state index is 12.7. The van der Waals surface area contributed by atoms with Gasteiger partial charge in [0.25, 0.3) is 5.91 Å². The summed E-state index contributed by atoms with van der Waals surface area (Å²) in [6, 6.07) is 6.87. The van der Waals surface area contributed by atoms with E-state index in [1.165, 1.54) is 6.08 Å². The third-order valence-electron chi connectivity index (χ3n) is 4.21. The molecule has 2 aromatic rings. The standard InChI is InChI=1S/C20H19N5O2/c1-3-14-11-21-20(22-12-14)24-17-9-10-25(13-17)19(27)15-5-7-16(8-6-15)23-18(26)4-2/h1,4-8,11-12,17H,2,9-10,13H2,(H,23,26)(H,21,22,24). The van der Waals surface area contributed by atoms with Gasteiger partial charge in [-0.05, 0) is 36.8 Å². The van der Waals surface area contributed by atoms with Crippen LogP contribution in [0.5, 0.6) is 0 Å². The number of benzene rings is 1. The predicted octanol–water partition coefficient (Wildman–Crippen LogP) is 1.91. The number of aromatic nitrogens is 2. The van der Waals surface area contributed by atoms with Gasteiger partial charge in [-0.3, -0.25) is 9.59 Å². The van der Waals surface area contributed by atoms with Gasteiger partial charge in [-0.25, -0.2) is 9.97 Å². The van der Waals surface area contributed by atoms with Gasteiger partial charge in [0, 0.05) is 42.8 Å². The van der Waals surface area contributed by atoms with Gasteiger partial charge < -0.3 is 15.5 Å². The number of hydrogen-bond acceptors (Lipinski definition) is 5. The summed E-state index contributed by atoms with van der Waals surface area (Å²) in [6.45, 7) is 4.61. The fourth-order valence-electron chi connectivity index (χ4n) is 2.79. The largest absolute Gasteiger partial charge is 0.350 e. The summed E-state index contributed by atoms with van der Waals surface area (Å²) >= 11 is 0. The average molecular weight is 361 g/mol. The zero-order valence-electron chi connectivity index (χ0n) is 14.7. The molecule has 1 aromatic heterocycles. The van der Waals surface area contributed by atoms with Gasteiger partial charge in [0.2, 0.25) is 11.9 Å². The Morgan fingerprint density at radius 2 is 1.96 bits per heavy atom. The highest BCUT2D eigenvalue weighted by Crippen LogP contribution is 2.18. The van der Waals surface area contributed by atoms with Crippen molar-refractivity contribution < 1.29 is 9.59 Å². The van der Waals surface area contributed by atoms with Crippen LogP contribution in [0, 0.1) is 12.3 Å². The highest BCUT2D eigenvalue weighted by molar-refractivity contribution is 5.99. The maximum absolute atomic E-state index is 12.7.